The van der Waals surface area contributed by atoms with Crippen molar-refractivity contribution in [2.24, 2.45) is 56.7 Å². The van der Waals surface area contributed by atoms with Crippen molar-refractivity contribution in [3.63, 3.8) is 0 Å². The SMILES string of the molecule is C=C(C)[C@@H]1CC[C@]2(C(=O)O)CC[C@]3(C)[C@H](CC[C@@H]4[C@@]5(C)CC[C@H](O[P+](=O)O)C(C)(C)[C@@H]5CC[C@]43C)[C@@H]12. The van der Waals surface area contributed by atoms with E-state index in [0.717, 1.165) is 64.2 Å². The maximum absolute atomic E-state index is 12.8. The second kappa shape index (κ2) is 8.36. The maximum atomic E-state index is 12.8. The van der Waals surface area contributed by atoms with Gasteiger partial charge in [0, 0.05) is 4.57 Å². The Kier molecular flexibility index (Phi) is 6.23. The number of hydrogen-bond acceptors (Lipinski definition) is 3. The Morgan fingerprint density at radius 1 is 0.889 bits per heavy atom. The van der Waals surface area contributed by atoms with Gasteiger partial charge >= 0.3 is 14.2 Å². The van der Waals surface area contributed by atoms with Crippen LogP contribution in [0.25, 0.3) is 0 Å². The molecule has 5 saturated carbocycles. The van der Waals surface area contributed by atoms with Crippen LogP contribution in [-0.4, -0.2) is 22.1 Å². The summed E-state index contributed by atoms with van der Waals surface area (Å²) in [6, 6.07) is 0. The van der Waals surface area contributed by atoms with Gasteiger partial charge in [0.25, 0.3) is 0 Å². The molecule has 5 rings (SSSR count). The second-order valence-corrected chi connectivity index (χ2v) is 15.5. The summed E-state index contributed by atoms with van der Waals surface area (Å²) in [6.45, 7) is 18.6. The molecule has 0 aromatic heterocycles. The number of aliphatic carboxylic acids is 1. The van der Waals surface area contributed by atoms with Gasteiger partial charge in [-0.1, -0.05) is 46.8 Å². The van der Waals surface area contributed by atoms with Gasteiger partial charge in [-0.2, -0.15) is 0 Å². The summed E-state index contributed by atoms with van der Waals surface area (Å²) >= 11 is 0. The predicted octanol–water partition coefficient (Wildman–Crippen LogP) is 7.76. The van der Waals surface area contributed by atoms with Crippen molar-refractivity contribution in [1.29, 1.82) is 0 Å². The first kappa shape index (κ1) is 26.8. The Labute approximate surface area is 218 Å². The van der Waals surface area contributed by atoms with E-state index in [0.29, 0.717) is 23.7 Å². The van der Waals surface area contributed by atoms with E-state index in [2.05, 4.69) is 48.1 Å². The lowest BCUT2D eigenvalue weighted by atomic mass is 9.32. The molecule has 5 nitrogen and oxygen atoms in total. The molecule has 11 atom stereocenters. The second-order valence-electron chi connectivity index (χ2n) is 14.8. The highest BCUT2D eigenvalue weighted by atomic mass is 31.1. The van der Waals surface area contributed by atoms with E-state index in [1.54, 1.807) is 0 Å². The van der Waals surface area contributed by atoms with Crippen LogP contribution in [0.3, 0.4) is 0 Å². The zero-order chi connectivity index (χ0) is 26.5. The van der Waals surface area contributed by atoms with Crippen molar-refractivity contribution in [3.05, 3.63) is 12.2 Å². The molecular weight excluding hydrogens is 471 g/mol. The number of carbonyl (C=O) groups is 1. The van der Waals surface area contributed by atoms with Crippen LogP contribution in [0.15, 0.2) is 12.2 Å². The Bertz CT molecular complexity index is 976. The van der Waals surface area contributed by atoms with Gasteiger partial charge < -0.3 is 5.11 Å². The third-order valence-electron chi connectivity index (χ3n) is 13.6. The van der Waals surface area contributed by atoms with Gasteiger partial charge in [0.05, 0.1) is 5.41 Å². The average Bonchev–Trinajstić information content (AvgIpc) is 3.17. The van der Waals surface area contributed by atoms with Crippen LogP contribution in [0, 0.1) is 56.7 Å². The molecule has 0 spiro atoms. The number of rotatable bonds is 4. The van der Waals surface area contributed by atoms with Crippen molar-refractivity contribution < 1.29 is 23.9 Å². The fourth-order valence-electron chi connectivity index (χ4n) is 11.8. The molecular formula is C30H48O5P+. The molecule has 0 radical (unpaired) electrons. The molecule has 36 heavy (non-hydrogen) atoms. The molecule has 0 aromatic rings. The third-order valence-corrected chi connectivity index (χ3v) is 14.1. The molecule has 0 aromatic carbocycles. The summed E-state index contributed by atoms with van der Waals surface area (Å²) < 4.78 is 17.2. The Balaban J connectivity index is 1.52. The van der Waals surface area contributed by atoms with Crippen LogP contribution in [0.1, 0.15) is 106 Å². The van der Waals surface area contributed by atoms with E-state index in [1.165, 1.54) is 5.57 Å². The zero-order valence-electron chi connectivity index (χ0n) is 23.3. The van der Waals surface area contributed by atoms with Crippen LogP contribution in [0.2, 0.25) is 0 Å². The van der Waals surface area contributed by atoms with Crippen molar-refractivity contribution in [2.45, 2.75) is 112 Å². The maximum Gasteiger partial charge on any atom is 0.695 e. The number of allylic oxidation sites excluding steroid dienone is 1. The summed E-state index contributed by atoms with van der Waals surface area (Å²) in [5.74, 6) is 1.42. The van der Waals surface area contributed by atoms with Crippen molar-refractivity contribution >= 4 is 14.2 Å². The lowest BCUT2D eigenvalue weighted by Gasteiger charge is -2.72. The highest BCUT2D eigenvalue weighted by Gasteiger charge is 2.72. The first-order valence-electron chi connectivity index (χ1n) is 14.4. The fourth-order valence-corrected chi connectivity index (χ4v) is 12.4. The minimum Gasteiger partial charge on any atom is -0.481 e. The smallest absolute Gasteiger partial charge is 0.481 e. The fraction of sp³-hybridized carbons (Fsp3) is 0.900. The Hall–Kier alpha value is -0.770. The highest BCUT2D eigenvalue weighted by molar-refractivity contribution is 7.32. The first-order valence-corrected chi connectivity index (χ1v) is 15.5. The minimum atomic E-state index is -2.60. The van der Waals surface area contributed by atoms with Crippen LogP contribution < -0.4 is 0 Å². The van der Waals surface area contributed by atoms with Crippen LogP contribution >= 0.6 is 8.25 Å². The summed E-state index contributed by atoms with van der Waals surface area (Å²) in [5.41, 5.74) is 0.906. The molecule has 5 fully saturated rings. The van der Waals surface area contributed by atoms with E-state index < -0.39 is 19.6 Å². The number of fused-ring (bicyclic) bond motifs is 7. The van der Waals surface area contributed by atoms with Gasteiger partial charge in [-0.25, -0.2) is 0 Å². The molecule has 0 aliphatic heterocycles. The monoisotopic (exact) mass is 519 g/mol. The minimum absolute atomic E-state index is 0.123. The van der Waals surface area contributed by atoms with Crippen molar-refractivity contribution in [2.75, 3.05) is 0 Å². The average molecular weight is 520 g/mol. The summed E-state index contributed by atoms with van der Waals surface area (Å²) in [7, 11) is -2.60. The summed E-state index contributed by atoms with van der Waals surface area (Å²) in [4.78, 5) is 22.3. The van der Waals surface area contributed by atoms with Gasteiger partial charge in [0.15, 0.2) is 0 Å². The molecule has 0 amide bonds. The molecule has 1 unspecified atom stereocenters. The van der Waals surface area contributed by atoms with Crippen LogP contribution in [0.4, 0.5) is 0 Å². The van der Waals surface area contributed by atoms with Gasteiger partial charge in [-0.3, -0.25) is 4.79 Å². The molecule has 0 saturated heterocycles. The van der Waals surface area contributed by atoms with Crippen molar-refractivity contribution in [1.82, 2.24) is 0 Å². The summed E-state index contributed by atoms with van der Waals surface area (Å²) in [5, 5.41) is 10.5. The van der Waals surface area contributed by atoms with E-state index >= 15 is 0 Å². The number of carboxylic acid groups (broad SMARTS) is 1. The Morgan fingerprint density at radius 2 is 1.58 bits per heavy atom. The lowest BCUT2D eigenvalue weighted by molar-refractivity contribution is -0.246. The molecule has 0 heterocycles. The van der Waals surface area contributed by atoms with Crippen LogP contribution in [-0.2, 0) is 13.9 Å². The van der Waals surface area contributed by atoms with E-state index in [1.807, 2.05) is 0 Å². The summed E-state index contributed by atoms with van der Waals surface area (Å²) in [6.07, 6.45) is 9.82. The molecule has 202 valence electrons. The lowest BCUT2D eigenvalue weighted by Crippen LogP contribution is -2.67. The third kappa shape index (κ3) is 3.30. The quantitative estimate of drug-likeness (QED) is 0.293. The van der Waals surface area contributed by atoms with Crippen LogP contribution in [0.5, 0.6) is 0 Å². The highest BCUT2D eigenvalue weighted by Crippen LogP contribution is 2.77. The first-order chi connectivity index (χ1) is 16.6. The van der Waals surface area contributed by atoms with Crippen molar-refractivity contribution in [3.8, 4) is 0 Å². The van der Waals surface area contributed by atoms with Gasteiger partial charge in [-0.05, 0) is 122 Å². The molecule has 0 bridgehead atoms. The van der Waals surface area contributed by atoms with Gasteiger partial charge in [0.1, 0.15) is 6.10 Å². The van der Waals surface area contributed by atoms with Gasteiger partial charge in [-0.15, -0.1) is 9.42 Å². The molecule has 5 aliphatic carbocycles. The normalized spacial score (nSPS) is 51.8. The van der Waals surface area contributed by atoms with E-state index in [-0.39, 0.29) is 33.7 Å². The molecule has 6 heteroatoms. The predicted molar refractivity (Wildman–Crippen MR) is 141 cm³/mol. The largest absolute Gasteiger partial charge is 0.695 e. The standard InChI is InChI=1S/C30H47O5P/c1-18(2)19-10-15-30(25(31)32)17-16-28(6)20(24(19)30)8-9-22-27(5)13-12-23(35-36(33)34)26(3,4)21(27)11-14-29(22,28)7/h19-24H,1,8-17H2,2-7H3,(H-,31,32,33,34)/p+1/t19-,20+,21-,22+,23-,24+,27-,28+,29+,30-/m0/s1. The molecule has 2 N–H and O–H groups in total. The van der Waals surface area contributed by atoms with E-state index in [4.69, 9.17) is 4.52 Å². The molecule has 5 aliphatic rings. The number of hydrogen-bond donors (Lipinski definition) is 2. The van der Waals surface area contributed by atoms with E-state index in [9.17, 15) is 19.4 Å². The Morgan fingerprint density at radius 3 is 2.19 bits per heavy atom. The van der Waals surface area contributed by atoms with Gasteiger partial charge in [0.2, 0.25) is 0 Å². The topological polar surface area (TPSA) is 83.8 Å². The number of carboxylic acids is 1. The zero-order valence-corrected chi connectivity index (χ0v) is 24.2.